The molecule has 7 nitrogen and oxygen atoms in total. The molecule has 4 N–H and O–H groups in total. The Bertz CT molecular complexity index is 640. The summed E-state index contributed by atoms with van der Waals surface area (Å²) < 4.78 is 29.9. The normalized spacial score (nSPS) is 18.9. The number of carbonyl (C=O) groups excluding carboxylic acids is 1. The second kappa shape index (κ2) is 5.47. The standard InChI is InChI=1S/C11H13ClN2O5S/c12-7-1-2-8(14-11(13)16)9(15)10(7)20(17,18)6-3-4-19-5-6/h1-2,6,15H,3-5H2,(H3,13,14,16)/t6-/m0/s1. The van der Waals surface area contributed by atoms with Gasteiger partial charge in [0.2, 0.25) is 0 Å². The van der Waals surface area contributed by atoms with Gasteiger partial charge in [0.15, 0.2) is 15.6 Å². The molecular weight excluding hydrogens is 308 g/mol. The molecule has 1 aromatic carbocycles. The van der Waals surface area contributed by atoms with Crippen molar-refractivity contribution in [2.24, 2.45) is 5.73 Å². The molecule has 1 atom stereocenters. The topological polar surface area (TPSA) is 119 Å². The molecule has 1 fully saturated rings. The fourth-order valence-corrected chi connectivity index (χ4v) is 4.18. The number of aromatic hydroxyl groups is 1. The van der Waals surface area contributed by atoms with E-state index >= 15 is 0 Å². The maximum absolute atomic E-state index is 12.4. The summed E-state index contributed by atoms with van der Waals surface area (Å²) in [5, 5.41) is 11.3. The van der Waals surface area contributed by atoms with Crippen LogP contribution in [0.15, 0.2) is 17.0 Å². The lowest BCUT2D eigenvalue weighted by Gasteiger charge is -2.15. The summed E-state index contributed by atoms with van der Waals surface area (Å²) in [5.74, 6) is -0.622. The van der Waals surface area contributed by atoms with Crippen LogP contribution in [0.4, 0.5) is 10.5 Å². The van der Waals surface area contributed by atoms with Gasteiger partial charge in [-0.1, -0.05) is 11.6 Å². The minimum absolute atomic E-state index is 0.0472. The lowest BCUT2D eigenvalue weighted by Crippen LogP contribution is -2.23. The molecule has 0 aliphatic carbocycles. The number of amides is 2. The predicted molar refractivity (Wildman–Crippen MR) is 72.7 cm³/mol. The van der Waals surface area contributed by atoms with Crippen LogP contribution >= 0.6 is 11.6 Å². The molecule has 0 unspecified atom stereocenters. The second-order valence-electron chi connectivity index (χ2n) is 4.29. The van der Waals surface area contributed by atoms with Crippen molar-refractivity contribution >= 4 is 33.2 Å². The van der Waals surface area contributed by atoms with E-state index in [0.29, 0.717) is 13.0 Å². The summed E-state index contributed by atoms with van der Waals surface area (Å²) in [5.41, 5.74) is 4.84. The molecular formula is C11H13ClN2O5S. The van der Waals surface area contributed by atoms with Crippen molar-refractivity contribution < 1.29 is 23.1 Å². The number of benzene rings is 1. The van der Waals surface area contributed by atoms with Gasteiger partial charge < -0.3 is 20.9 Å². The van der Waals surface area contributed by atoms with Crippen molar-refractivity contribution in [2.75, 3.05) is 18.5 Å². The lowest BCUT2D eigenvalue weighted by molar-refractivity contribution is 0.198. The number of urea groups is 1. The van der Waals surface area contributed by atoms with Gasteiger partial charge in [0.05, 0.1) is 22.6 Å². The number of sulfone groups is 1. The Labute approximate surface area is 120 Å². The van der Waals surface area contributed by atoms with Gasteiger partial charge in [-0.2, -0.15) is 0 Å². The molecule has 0 aromatic heterocycles. The monoisotopic (exact) mass is 320 g/mol. The van der Waals surface area contributed by atoms with E-state index in [1.807, 2.05) is 0 Å². The molecule has 0 spiro atoms. The van der Waals surface area contributed by atoms with Crippen LogP contribution in [0.3, 0.4) is 0 Å². The molecule has 1 heterocycles. The highest BCUT2D eigenvalue weighted by Gasteiger charge is 2.35. The Morgan fingerprint density at radius 2 is 2.20 bits per heavy atom. The number of nitrogens with two attached hydrogens (primary N) is 1. The SMILES string of the molecule is NC(=O)Nc1ccc(Cl)c(S(=O)(=O)[C@H]2CCOC2)c1O. The number of ether oxygens (including phenoxy) is 1. The summed E-state index contributed by atoms with van der Waals surface area (Å²) in [6.45, 7) is 0.382. The van der Waals surface area contributed by atoms with Gasteiger partial charge in [-0.25, -0.2) is 13.2 Å². The van der Waals surface area contributed by atoms with Crippen molar-refractivity contribution in [3.05, 3.63) is 17.2 Å². The highest BCUT2D eigenvalue weighted by atomic mass is 35.5. The van der Waals surface area contributed by atoms with E-state index in [4.69, 9.17) is 22.1 Å². The molecule has 1 saturated heterocycles. The van der Waals surface area contributed by atoms with E-state index in [9.17, 15) is 18.3 Å². The average molecular weight is 321 g/mol. The van der Waals surface area contributed by atoms with Crippen molar-refractivity contribution in [1.82, 2.24) is 0 Å². The van der Waals surface area contributed by atoms with Crippen LogP contribution in [0.5, 0.6) is 5.75 Å². The molecule has 1 aliphatic rings. The van der Waals surface area contributed by atoms with Gasteiger partial charge in [0.25, 0.3) is 0 Å². The van der Waals surface area contributed by atoms with E-state index < -0.39 is 31.8 Å². The number of phenols is 1. The summed E-state index contributed by atoms with van der Waals surface area (Å²) >= 11 is 5.88. The highest BCUT2D eigenvalue weighted by molar-refractivity contribution is 7.92. The molecule has 9 heteroatoms. The third kappa shape index (κ3) is 2.67. The van der Waals surface area contributed by atoms with E-state index in [-0.39, 0.29) is 17.3 Å². The van der Waals surface area contributed by atoms with Crippen LogP contribution in [-0.2, 0) is 14.6 Å². The number of hydrogen-bond donors (Lipinski definition) is 3. The molecule has 0 saturated carbocycles. The second-order valence-corrected chi connectivity index (χ2v) is 6.86. The zero-order chi connectivity index (χ0) is 14.9. The van der Waals surface area contributed by atoms with Crippen LogP contribution in [0, 0.1) is 0 Å². The van der Waals surface area contributed by atoms with E-state index in [1.165, 1.54) is 12.1 Å². The van der Waals surface area contributed by atoms with Crippen LogP contribution in [0.25, 0.3) is 0 Å². The number of nitrogens with one attached hydrogen (secondary N) is 1. The quantitative estimate of drug-likeness (QED) is 0.720. The molecule has 1 aromatic rings. The first-order valence-corrected chi connectivity index (χ1v) is 7.66. The number of phenolic OH excluding ortho intramolecular Hbond substituents is 1. The lowest BCUT2D eigenvalue weighted by atomic mass is 10.3. The first-order valence-electron chi connectivity index (χ1n) is 5.73. The molecule has 0 bridgehead atoms. The summed E-state index contributed by atoms with van der Waals surface area (Å²) in [6.07, 6.45) is 0.325. The van der Waals surface area contributed by atoms with Gasteiger partial charge in [-0.15, -0.1) is 0 Å². The Hall–Kier alpha value is -1.51. The molecule has 1 aliphatic heterocycles. The van der Waals surface area contributed by atoms with Gasteiger partial charge in [0, 0.05) is 6.61 Å². The zero-order valence-corrected chi connectivity index (χ0v) is 11.9. The zero-order valence-electron chi connectivity index (χ0n) is 10.3. The van der Waals surface area contributed by atoms with E-state index in [0.717, 1.165) is 0 Å². The minimum Gasteiger partial charge on any atom is -0.504 e. The van der Waals surface area contributed by atoms with Crippen LogP contribution in [0.1, 0.15) is 6.42 Å². The smallest absolute Gasteiger partial charge is 0.316 e. The van der Waals surface area contributed by atoms with Crippen LogP contribution < -0.4 is 11.1 Å². The molecule has 0 radical (unpaired) electrons. The Kier molecular flexibility index (Phi) is 4.07. The molecule has 20 heavy (non-hydrogen) atoms. The number of primary amides is 1. The fraction of sp³-hybridized carbons (Fsp3) is 0.364. The average Bonchev–Trinajstić information content (AvgIpc) is 2.86. The van der Waals surface area contributed by atoms with Crippen LogP contribution in [0.2, 0.25) is 5.02 Å². The largest absolute Gasteiger partial charge is 0.504 e. The van der Waals surface area contributed by atoms with E-state index in [1.54, 1.807) is 0 Å². The number of rotatable bonds is 3. The molecule has 110 valence electrons. The Morgan fingerprint density at radius 1 is 1.50 bits per heavy atom. The van der Waals surface area contributed by atoms with Crippen LogP contribution in [-0.4, -0.2) is 38.0 Å². The third-order valence-corrected chi connectivity index (χ3v) is 5.61. The number of carbonyl (C=O) groups is 1. The van der Waals surface area contributed by atoms with Gasteiger partial charge in [-0.05, 0) is 18.6 Å². The maximum atomic E-state index is 12.4. The number of anilines is 1. The van der Waals surface area contributed by atoms with Crippen molar-refractivity contribution in [3.63, 3.8) is 0 Å². The first kappa shape index (κ1) is 14.9. The van der Waals surface area contributed by atoms with E-state index in [2.05, 4.69) is 5.32 Å². The predicted octanol–water partition coefficient (Wildman–Crippen LogP) is 1.10. The first-order chi connectivity index (χ1) is 9.34. The van der Waals surface area contributed by atoms with Gasteiger partial charge in [-0.3, -0.25) is 0 Å². The highest BCUT2D eigenvalue weighted by Crippen LogP contribution is 2.39. The van der Waals surface area contributed by atoms with Gasteiger partial charge in [0.1, 0.15) is 4.90 Å². The minimum atomic E-state index is -3.86. The third-order valence-electron chi connectivity index (χ3n) is 2.95. The fourth-order valence-electron chi connectivity index (χ4n) is 1.98. The van der Waals surface area contributed by atoms with Crippen molar-refractivity contribution in [3.8, 4) is 5.75 Å². The molecule has 2 rings (SSSR count). The molecule has 2 amide bonds. The van der Waals surface area contributed by atoms with Crippen molar-refractivity contribution in [2.45, 2.75) is 16.6 Å². The number of halogens is 1. The maximum Gasteiger partial charge on any atom is 0.316 e. The summed E-state index contributed by atoms with van der Waals surface area (Å²) in [7, 11) is -3.86. The number of hydrogen-bond acceptors (Lipinski definition) is 5. The van der Waals surface area contributed by atoms with Gasteiger partial charge >= 0.3 is 6.03 Å². The Balaban J connectivity index is 2.52. The summed E-state index contributed by atoms with van der Waals surface area (Å²) in [4.78, 5) is 10.4. The van der Waals surface area contributed by atoms with Crippen molar-refractivity contribution in [1.29, 1.82) is 0 Å². The Morgan fingerprint density at radius 3 is 2.75 bits per heavy atom. The summed E-state index contributed by atoms with van der Waals surface area (Å²) in [6, 6.07) is 1.62.